The minimum atomic E-state index is -0.769. The van der Waals surface area contributed by atoms with Gasteiger partial charge in [0.2, 0.25) is 0 Å². The molecular weight excluding hydrogens is 436 g/mol. The number of carbonyl (C=O) groups excluding carboxylic acids is 3. The molecule has 9 nitrogen and oxygen atoms in total. The minimum absolute atomic E-state index is 0.0177. The number of hydrogen-bond donors (Lipinski definition) is 0. The lowest BCUT2D eigenvalue weighted by Gasteiger charge is -2.37. The van der Waals surface area contributed by atoms with Crippen LogP contribution in [0, 0.1) is 0 Å². The van der Waals surface area contributed by atoms with Crippen molar-refractivity contribution in [1.82, 2.24) is 19.6 Å². The molecule has 0 aliphatic carbocycles. The van der Waals surface area contributed by atoms with Crippen LogP contribution in [0.5, 0.6) is 0 Å². The lowest BCUT2D eigenvalue weighted by molar-refractivity contribution is -0.150. The third-order valence-corrected chi connectivity index (χ3v) is 6.42. The van der Waals surface area contributed by atoms with Crippen LogP contribution in [0.2, 0.25) is 0 Å². The van der Waals surface area contributed by atoms with Crippen molar-refractivity contribution in [3.05, 3.63) is 53.3 Å². The highest BCUT2D eigenvalue weighted by Crippen LogP contribution is 2.27. The SMILES string of the molecule is Cn1nc(C(C)(C)C)cc1C(=O)N1CCC(N2C(=O)OCC2C(=O)OCc2ccccc2)CC1. The summed E-state index contributed by atoms with van der Waals surface area (Å²) >= 11 is 0. The Kier molecular flexibility index (Phi) is 6.63. The Balaban J connectivity index is 1.37. The summed E-state index contributed by atoms with van der Waals surface area (Å²) in [6.45, 7) is 7.27. The van der Waals surface area contributed by atoms with Crippen LogP contribution in [-0.2, 0) is 33.3 Å². The number of aryl methyl sites for hydroxylation is 1. The fourth-order valence-corrected chi connectivity index (χ4v) is 4.39. The van der Waals surface area contributed by atoms with Gasteiger partial charge in [0.25, 0.3) is 5.91 Å². The van der Waals surface area contributed by atoms with E-state index in [2.05, 4.69) is 25.9 Å². The Morgan fingerprint density at radius 2 is 1.82 bits per heavy atom. The molecule has 1 atom stereocenters. The van der Waals surface area contributed by atoms with Gasteiger partial charge >= 0.3 is 12.1 Å². The van der Waals surface area contributed by atoms with Crippen LogP contribution in [-0.4, -0.2) is 69.3 Å². The zero-order chi connectivity index (χ0) is 24.5. The van der Waals surface area contributed by atoms with Crippen LogP contribution in [0.4, 0.5) is 4.79 Å². The Bertz CT molecular complexity index is 1050. The molecule has 1 unspecified atom stereocenters. The molecular formula is C25H32N4O5. The van der Waals surface area contributed by atoms with E-state index < -0.39 is 18.1 Å². The second-order valence-electron chi connectivity index (χ2n) is 9.91. The van der Waals surface area contributed by atoms with E-state index in [-0.39, 0.29) is 30.6 Å². The number of benzene rings is 1. The standard InChI is InChI=1S/C25H32N4O5/c1-25(2,3)21-14-19(27(4)26-21)22(30)28-12-10-18(11-13-28)29-20(16-34-24(29)32)23(31)33-15-17-8-6-5-7-9-17/h5-9,14,18,20H,10-13,15-16H2,1-4H3. The van der Waals surface area contributed by atoms with E-state index in [9.17, 15) is 14.4 Å². The summed E-state index contributed by atoms with van der Waals surface area (Å²) in [5.41, 5.74) is 2.14. The molecule has 2 saturated heterocycles. The van der Waals surface area contributed by atoms with Gasteiger partial charge in [-0.1, -0.05) is 51.1 Å². The number of esters is 1. The second kappa shape index (κ2) is 9.48. The maximum atomic E-state index is 13.1. The molecule has 2 aliphatic rings. The van der Waals surface area contributed by atoms with Crippen molar-refractivity contribution < 1.29 is 23.9 Å². The number of amides is 2. The molecule has 2 aliphatic heterocycles. The molecule has 2 amide bonds. The Morgan fingerprint density at radius 3 is 2.44 bits per heavy atom. The fraction of sp³-hybridized carbons (Fsp3) is 0.520. The van der Waals surface area contributed by atoms with Gasteiger partial charge in [-0.15, -0.1) is 0 Å². The topological polar surface area (TPSA) is 94.0 Å². The summed E-state index contributed by atoms with van der Waals surface area (Å²) in [6.07, 6.45) is 0.619. The average molecular weight is 469 g/mol. The molecule has 0 bridgehead atoms. The summed E-state index contributed by atoms with van der Waals surface area (Å²) in [5.74, 6) is -0.551. The largest absolute Gasteiger partial charge is 0.459 e. The first-order chi connectivity index (χ1) is 16.1. The molecule has 2 fully saturated rings. The Morgan fingerprint density at radius 1 is 1.15 bits per heavy atom. The first-order valence-electron chi connectivity index (χ1n) is 11.6. The van der Waals surface area contributed by atoms with Crippen molar-refractivity contribution in [2.24, 2.45) is 7.05 Å². The van der Waals surface area contributed by atoms with Gasteiger partial charge in [0.1, 0.15) is 18.9 Å². The van der Waals surface area contributed by atoms with Crippen LogP contribution in [0.25, 0.3) is 0 Å². The van der Waals surface area contributed by atoms with Crippen molar-refractivity contribution >= 4 is 18.0 Å². The quantitative estimate of drug-likeness (QED) is 0.627. The van der Waals surface area contributed by atoms with Crippen molar-refractivity contribution in [1.29, 1.82) is 0 Å². The molecule has 3 heterocycles. The number of piperidine rings is 1. The van der Waals surface area contributed by atoms with E-state index in [1.54, 1.807) is 16.6 Å². The van der Waals surface area contributed by atoms with Crippen molar-refractivity contribution in [3.8, 4) is 0 Å². The number of nitrogens with zero attached hydrogens (tertiary/aromatic N) is 4. The molecule has 0 N–H and O–H groups in total. The van der Waals surface area contributed by atoms with E-state index >= 15 is 0 Å². The van der Waals surface area contributed by atoms with E-state index in [0.717, 1.165) is 11.3 Å². The highest BCUT2D eigenvalue weighted by molar-refractivity contribution is 5.93. The predicted molar refractivity (Wildman–Crippen MR) is 124 cm³/mol. The zero-order valence-corrected chi connectivity index (χ0v) is 20.2. The van der Waals surface area contributed by atoms with Gasteiger partial charge < -0.3 is 14.4 Å². The normalized spacial score (nSPS) is 19.3. The lowest BCUT2D eigenvalue weighted by atomic mass is 9.92. The van der Waals surface area contributed by atoms with Gasteiger partial charge in [-0.05, 0) is 24.5 Å². The number of ether oxygens (including phenoxy) is 2. The van der Waals surface area contributed by atoms with Crippen LogP contribution < -0.4 is 0 Å². The minimum Gasteiger partial charge on any atom is -0.459 e. The third-order valence-electron chi connectivity index (χ3n) is 6.42. The number of likely N-dealkylation sites (tertiary alicyclic amines) is 1. The van der Waals surface area contributed by atoms with Gasteiger partial charge in [0.15, 0.2) is 6.04 Å². The third kappa shape index (κ3) is 4.93. The molecule has 2 aromatic rings. The zero-order valence-electron chi connectivity index (χ0n) is 20.2. The molecule has 34 heavy (non-hydrogen) atoms. The molecule has 9 heteroatoms. The molecule has 0 saturated carbocycles. The van der Waals surface area contributed by atoms with Crippen molar-refractivity contribution in [2.45, 2.75) is 57.7 Å². The number of hydrogen-bond acceptors (Lipinski definition) is 6. The summed E-state index contributed by atoms with van der Waals surface area (Å²) < 4.78 is 12.3. The van der Waals surface area contributed by atoms with E-state index in [0.29, 0.717) is 31.6 Å². The van der Waals surface area contributed by atoms with Gasteiger partial charge in [0.05, 0.1) is 5.69 Å². The van der Waals surface area contributed by atoms with E-state index in [1.165, 1.54) is 4.90 Å². The highest BCUT2D eigenvalue weighted by Gasteiger charge is 2.44. The maximum absolute atomic E-state index is 13.1. The Labute approximate surface area is 199 Å². The summed E-state index contributed by atoms with van der Waals surface area (Å²) in [6, 6.07) is 10.3. The number of carbonyl (C=O) groups is 3. The van der Waals surface area contributed by atoms with Crippen LogP contribution in [0.15, 0.2) is 36.4 Å². The van der Waals surface area contributed by atoms with Crippen molar-refractivity contribution in [2.75, 3.05) is 19.7 Å². The highest BCUT2D eigenvalue weighted by atomic mass is 16.6. The number of cyclic esters (lactones) is 1. The molecule has 1 aromatic carbocycles. The fourth-order valence-electron chi connectivity index (χ4n) is 4.39. The first-order valence-corrected chi connectivity index (χ1v) is 11.6. The number of aromatic nitrogens is 2. The summed E-state index contributed by atoms with van der Waals surface area (Å²) in [4.78, 5) is 41.6. The van der Waals surface area contributed by atoms with Crippen LogP contribution in [0.3, 0.4) is 0 Å². The first kappa shape index (κ1) is 23.8. The Hall–Kier alpha value is -3.36. The lowest BCUT2D eigenvalue weighted by Crippen LogP contribution is -2.52. The predicted octanol–water partition coefficient (Wildman–Crippen LogP) is 2.89. The van der Waals surface area contributed by atoms with Crippen molar-refractivity contribution in [3.63, 3.8) is 0 Å². The molecule has 1 aromatic heterocycles. The number of rotatable bonds is 5. The van der Waals surface area contributed by atoms with Gasteiger partial charge in [0, 0.05) is 31.6 Å². The van der Waals surface area contributed by atoms with Crippen LogP contribution >= 0.6 is 0 Å². The summed E-state index contributed by atoms with van der Waals surface area (Å²) in [5, 5.41) is 4.50. The summed E-state index contributed by atoms with van der Waals surface area (Å²) in [7, 11) is 1.78. The molecule has 182 valence electrons. The average Bonchev–Trinajstić information content (AvgIpc) is 3.40. The monoisotopic (exact) mass is 468 g/mol. The molecule has 0 radical (unpaired) electrons. The van der Waals surface area contributed by atoms with Gasteiger partial charge in [-0.3, -0.25) is 14.4 Å². The van der Waals surface area contributed by atoms with Crippen LogP contribution in [0.1, 0.15) is 55.4 Å². The molecule has 0 spiro atoms. The molecule has 4 rings (SSSR count). The van der Waals surface area contributed by atoms with E-state index in [4.69, 9.17) is 9.47 Å². The van der Waals surface area contributed by atoms with Gasteiger partial charge in [-0.2, -0.15) is 5.10 Å². The smallest absolute Gasteiger partial charge is 0.410 e. The second-order valence-corrected chi connectivity index (χ2v) is 9.91. The maximum Gasteiger partial charge on any atom is 0.410 e. The van der Waals surface area contributed by atoms with E-state index in [1.807, 2.05) is 36.4 Å². The van der Waals surface area contributed by atoms with Gasteiger partial charge in [-0.25, -0.2) is 9.59 Å².